The van der Waals surface area contributed by atoms with Gasteiger partial charge in [-0.3, -0.25) is 4.79 Å². The number of ether oxygens (including phenoxy) is 1. The topological polar surface area (TPSA) is 132 Å². The van der Waals surface area contributed by atoms with E-state index < -0.39 is 23.8 Å². The molecule has 1 aromatic carbocycles. The Labute approximate surface area is 221 Å². The molecule has 3 aromatic heterocycles. The molecule has 0 aliphatic carbocycles. The first-order valence-electron chi connectivity index (χ1n) is 12.3. The number of piperidine rings is 1. The second kappa shape index (κ2) is 10.5. The molecule has 0 bridgehead atoms. The quantitative estimate of drug-likeness (QED) is 0.370. The number of aromatic nitrogens is 4. The number of carbonyl (C=O) groups is 1. The number of methoxy groups -OCH3 is 1. The highest BCUT2D eigenvalue weighted by atomic mass is 19.4. The number of pyridine rings is 1. The Morgan fingerprint density at radius 3 is 2.51 bits per heavy atom. The summed E-state index contributed by atoms with van der Waals surface area (Å²) in [6.45, 7) is 3.00. The van der Waals surface area contributed by atoms with Crippen molar-refractivity contribution in [2.24, 2.45) is 5.73 Å². The number of oxazole rings is 1. The predicted octanol–water partition coefficient (Wildman–Crippen LogP) is 4.13. The Kier molecular flexibility index (Phi) is 7.08. The molecule has 5 rings (SSSR count). The average molecular weight is 542 g/mol. The van der Waals surface area contributed by atoms with E-state index in [1.807, 2.05) is 0 Å². The summed E-state index contributed by atoms with van der Waals surface area (Å²) in [5, 5.41) is 3.33. The number of hydrogen-bond acceptors (Lipinski definition) is 9. The lowest BCUT2D eigenvalue weighted by molar-refractivity contribution is -0.140. The zero-order valence-corrected chi connectivity index (χ0v) is 21.2. The summed E-state index contributed by atoms with van der Waals surface area (Å²) in [6, 6.07) is 6.21. The molecule has 13 heteroatoms. The molecule has 1 aliphatic rings. The van der Waals surface area contributed by atoms with E-state index in [1.165, 1.54) is 19.2 Å². The van der Waals surface area contributed by atoms with Crippen molar-refractivity contribution < 1.29 is 27.1 Å². The van der Waals surface area contributed by atoms with Gasteiger partial charge in [-0.25, -0.2) is 19.9 Å². The van der Waals surface area contributed by atoms with Gasteiger partial charge in [-0.05, 0) is 50.1 Å². The van der Waals surface area contributed by atoms with Crippen LogP contribution in [0.1, 0.15) is 47.7 Å². The maximum absolute atomic E-state index is 13.3. The zero-order chi connectivity index (χ0) is 27.7. The van der Waals surface area contributed by atoms with Crippen LogP contribution in [0.3, 0.4) is 0 Å². The molecule has 10 nitrogen and oxygen atoms in total. The van der Waals surface area contributed by atoms with Gasteiger partial charge < -0.3 is 25.1 Å². The third-order valence-electron chi connectivity index (χ3n) is 6.51. The minimum absolute atomic E-state index is 0.00877. The number of anilines is 1. The standard InChI is InChI=1S/C26H26F3N7O3/c1-14(30)22-21(23(37)33-15-8-12-36(13-9-15)25-31-10-3-11-32-25)35-24(39-22)17-4-6-18(38-2)20-16(17)5-7-19(34-20)26(27,28)29/h3-7,10-11,14-15H,8-9,12-13,30H2,1-2H3,(H,33,37)/t14-/m0/s1. The van der Waals surface area contributed by atoms with Crippen molar-refractivity contribution in [3.05, 3.63) is 59.9 Å². The Hall–Kier alpha value is -4.26. The lowest BCUT2D eigenvalue weighted by Gasteiger charge is -2.32. The summed E-state index contributed by atoms with van der Waals surface area (Å²) in [5.41, 5.74) is 5.41. The maximum Gasteiger partial charge on any atom is 0.433 e. The number of rotatable bonds is 6. The molecule has 0 unspecified atom stereocenters. The summed E-state index contributed by atoms with van der Waals surface area (Å²) in [7, 11) is 1.34. The third kappa shape index (κ3) is 5.35. The van der Waals surface area contributed by atoms with E-state index in [9.17, 15) is 18.0 Å². The molecule has 204 valence electrons. The molecule has 0 saturated carbocycles. The number of nitrogens with one attached hydrogen (secondary N) is 1. The van der Waals surface area contributed by atoms with Gasteiger partial charge in [0.15, 0.2) is 11.5 Å². The first-order valence-corrected chi connectivity index (χ1v) is 12.3. The van der Waals surface area contributed by atoms with Crippen LogP contribution in [-0.4, -0.2) is 52.1 Å². The van der Waals surface area contributed by atoms with Crippen molar-refractivity contribution >= 4 is 22.8 Å². The van der Waals surface area contributed by atoms with E-state index in [1.54, 1.807) is 31.5 Å². The molecule has 0 spiro atoms. The van der Waals surface area contributed by atoms with Gasteiger partial charge in [0.2, 0.25) is 11.8 Å². The van der Waals surface area contributed by atoms with Crippen molar-refractivity contribution in [3.63, 3.8) is 0 Å². The number of nitrogens with zero attached hydrogens (tertiary/aromatic N) is 5. The first kappa shape index (κ1) is 26.4. The highest BCUT2D eigenvalue weighted by molar-refractivity contribution is 5.98. The molecule has 4 heterocycles. The Balaban J connectivity index is 1.41. The van der Waals surface area contributed by atoms with Crippen LogP contribution in [0.5, 0.6) is 5.75 Å². The number of carbonyl (C=O) groups excluding carboxylic acids is 1. The van der Waals surface area contributed by atoms with Crippen LogP contribution in [0.15, 0.2) is 47.1 Å². The molecule has 0 radical (unpaired) electrons. The molecule has 1 amide bonds. The van der Waals surface area contributed by atoms with Gasteiger partial charge in [-0.1, -0.05) is 0 Å². The minimum Gasteiger partial charge on any atom is -0.494 e. The number of halogens is 3. The highest BCUT2D eigenvalue weighted by Gasteiger charge is 2.33. The average Bonchev–Trinajstić information content (AvgIpc) is 3.38. The molecule has 39 heavy (non-hydrogen) atoms. The fourth-order valence-electron chi connectivity index (χ4n) is 4.55. The minimum atomic E-state index is -4.63. The van der Waals surface area contributed by atoms with Crippen LogP contribution in [-0.2, 0) is 6.18 Å². The Bertz CT molecular complexity index is 1480. The van der Waals surface area contributed by atoms with Gasteiger partial charge >= 0.3 is 6.18 Å². The summed E-state index contributed by atoms with van der Waals surface area (Å²) >= 11 is 0. The second-order valence-electron chi connectivity index (χ2n) is 9.21. The summed E-state index contributed by atoms with van der Waals surface area (Å²) in [4.78, 5) is 32.1. The SMILES string of the molecule is COc1ccc(-c2nc(C(=O)NC3CCN(c4ncccn4)CC3)c([C@H](C)N)o2)c2ccc(C(F)(F)F)nc12. The van der Waals surface area contributed by atoms with Gasteiger partial charge in [0.1, 0.15) is 17.0 Å². The lowest BCUT2D eigenvalue weighted by Crippen LogP contribution is -2.45. The monoisotopic (exact) mass is 541 g/mol. The molecule has 1 atom stereocenters. The van der Waals surface area contributed by atoms with Gasteiger partial charge in [0, 0.05) is 42.5 Å². The molecule has 3 N–H and O–H groups in total. The number of benzene rings is 1. The largest absolute Gasteiger partial charge is 0.494 e. The van der Waals surface area contributed by atoms with Crippen molar-refractivity contribution in [1.29, 1.82) is 0 Å². The van der Waals surface area contributed by atoms with Crippen LogP contribution in [0, 0.1) is 0 Å². The van der Waals surface area contributed by atoms with E-state index in [-0.39, 0.29) is 34.7 Å². The maximum atomic E-state index is 13.3. The zero-order valence-electron chi connectivity index (χ0n) is 21.2. The number of nitrogens with two attached hydrogens (primary N) is 1. The van der Waals surface area contributed by atoms with Crippen molar-refractivity contribution in [2.75, 3.05) is 25.1 Å². The molecule has 1 fully saturated rings. The molecule has 4 aromatic rings. The highest BCUT2D eigenvalue weighted by Crippen LogP contribution is 2.37. The molecular formula is C26H26F3N7O3. The van der Waals surface area contributed by atoms with E-state index >= 15 is 0 Å². The Morgan fingerprint density at radius 1 is 1.15 bits per heavy atom. The fraction of sp³-hybridized carbons (Fsp3) is 0.346. The number of hydrogen-bond donors (Lipinski definition) is 2. The van der Waals surface area contributed by atoms with Crippen molar-refractivity contribution in [3.8, 4) is 17.2 Å². The Morgan fingerprint density at radius 2 is 1.87 bits per heavy atom. The summed E-state index contributed by atoms with van der Waals surface area (Å²) in [5.74, 6) is 0.566. The van der Waals surface area contributed by atoms with Gasteiger partial charge in [0.05, 0.1) is 13.2 Å². The van der Waals surface area contributed by atoms with Crippen molar-refractivity contribution in [2.45, 2.75) is 38.0 Å². The van der Waals surface area contributed by atoms with Gasteiger partial charge in [-0.15, -0.1) is 0 Å². The van der Waals surface area contributed by atoms with Gasteiger partial charge in [-0.2, -0.15) is 13.2 Å². The van der Waals surface area contributed by atoms with Crippen LogP contribution in [0.4, 0.5) is 19.1 Å². The summed E-state index contributed by atoms with van der Waals surface area (Å²) in [6.07, 6.45) is 0.100. The number of amides is 1. The van der Waals surface area contributed by atoms with Crippen LogP contribution >= 0.6 is 0 Å². The van der Waals surface area contributed by atoms with E-state index in [0.29, 0.717) is 42.8 Å². The number of fused-ring (bicyclic) bond motifs is 1. The summed E-state index contributed by atoms with van der Waals surface area (Å²) < 4.78 is 51.1. The lowest BCUT2D eigenvalue weighted by atomic mass is 10.0. The second-order valence-corrected chi connectivity index (χ2v) is 9.21. The van der Waals surface area contributed by atoms with Gasteiger partial charge in [0.25, 0.3) is 5.91 Å². The first-order chi connectivity index (χ1) is 18.7. The third-order valence-corrected chi connectivity index (χ3v) is 6.51. The fourth-order valence-corrected chi connectivity index (χ4v) is 4.55. The smallest absolute Gasteiger partial charge is 0.433 e. The van der Waals surface area contributed by atoms with E-state index in [4.69, 9.17) is 14.9 Å². The van der Waals surface area contributed by atoms with E-state index in [0.717, 1.165) is 6.07 Å². The van der Waals surface area contributed by atoms with Crippen LogP contribution in [0.25, 0.3) is 22.4 Å². The number of alkyl halides is 3. The predicted molar refractivity (Wildman–Crippen MR) is 136 cm³/mol. The van der Waals surface area contributed by atoms with Crippen LogP contribution < -0.4 is 20.7 Å². The molecular weight excluding hydrogens is 515 g/mol. The van der Waals surface area contributed by atoms with Crippen molar-refractivity contribution in [1.82, 2.24) is 25.3 Å². The van der Waals surface area contributed by atoms with Crippen LogP contribution in [0.2, 0.25) is 0 Å². The molecule has 1 saturated heterocycles. The van der Waals surface area contributed by atoms with E-state index in [2.05, 4.69) is 30.2 Å². The normalized spacial score (nSPS) is 15.4. The molecule has 1 aliphatic heterocycles.